The molecule has 7 nitrogen and oxygen atoms in total. The largest absolute Gasteiger partial charge is 0.484 e. The van der Waals surface area contributed by atoms with Gasteiger partial charge < -0.3 is 18.8 Å². The maximum Gasteiger partial charge on any atom is 0.307 e. The fraction of sp³-hybridized carbons (Fsp3) is 0.133. The van der Waals surface area contributed by atoms with Crippen molar-refractivity contribution in [2.45, 2.75) is 13.0 Å². The number of carbonyl (C=O) groups is 1. The number of hydrogen-bond acceptors (Lipinski definition) is 6. The summed E-state index contributed by atoms with van der Waals surface area (Å²) in [5.74, 6) is 0.499. The number of aromatic nitrogens is 2. The Morgan fingerprint density at radius 2 is 2.05 bits per heavy atom. The van der Waals surface area contributed by atoms with Gasteiger partial charge in [-0.3, -0.25) is 4.79 Å². The summed E-state index contributed by atoms with van der Waals surface area (Å²) in [5.41, 5.74) is 1.44. The summed E-state index contributed by atoms with van der Waals surface area (Å²) >= 11 is 0. The molecule has 0 fully saturated rings. The molecule has 112 valence electrons. The molecule has 3 rings (SSSR count). The lowest BCUT2D eigenvalue weighted by atomic mass is 10.1. The number of furan rings is 1. The number of carboxylic acid groups (broad SMARTS) is 1. The molecule has 0 unspecified atom stereocenters. The minimum atomic E-state index is -0.869. The van der Waals surface area contributed by atoms with E-state index in [0.29, 0.717) is 23.0 Å². The number of benzene rings is 1. The molecule has 1 N–H and O–H groups in total. The number of nitrogens with zero attached hydrogens (tertiary/aromatic N) is 2. The van der Waals surface area contributed by atoms with Gasteiger partial charge in [-0.05, 0) is 23.8 Å². The molecule has 0 radical (unpaired) electrons. The van der Waals surface area contributed by atoms with Crippen molar-refractivity contribution in [1.82, 2.24) is 10.1 Å². The smallest absolute Gasteiger partial charge is 0.307 e. The van der Waals surface area contributed by atoms with Gasteiger partial charge >= 0.3 is 5.97 Å². The zero-order valence-corrected chi connectivity index (χ0v) is 11.4. The molecular formula is C15H12N2O5. The van der Waals surface area contributed by atoms with E-state index in [0.717, 1.165) is 5.56 Å². The van der Waals surface area contributed by atoms with Crippen molar-refractivity contribution in [3.63, 3.8) is 0 Å². The van der Waals surface area contributed by atoms with Gasteiger partial charge in [-0.15, -0.1) is 0 Å². The second-order valence-electron chi connectivity index (χ2n) is 4.53. The van der Waals surface area contributed by atoms with Gasteiger partial charge in [0.2, 0.25) is 5.82 Å². The third kappa shape index (κ3) is 3.32. The van der Waals surface area contributed by atoms with Crippen molar-refractivity contribution < 1.29 is 23.6 Å². The third-order valence-electron chi connectivity index (χ3n) is 2.89. The van der Waals surface area contributed by atoms with Crippen LogP contribution in [-0.4, -0.2) is 21.2 Å². The fourth-order valence-corrected chi connectivity index (χ4v) is 1.85. The predicted molar refractivity (Wildman–Crippen MR) is 74.1 cm³/mol. The van der Waals surface area contributed by atoms with E-state index in [2.05, 4.69) is 10.1 Å². The SMILES string of the molecule is O=C(O)Cc1ccc(OCc2nc(-c3ccoc3)no2)cc1. The summed E-state index contributed by atoms with van der Waals surface area (Å²) in [6.45, 7) is 0.128. The molecule has 0 spiro atoms. The van der Waals surface area contributed by atoms with E-state index >= 15 is 0 Å². The van der Waals surface area contributed by atoms with Crippen molar-refractivity contribution in [2.75, 3.05) is 0 Å². The maximum absolute atomic E-state index is 10.6. The fourth-order valence-electron chi connectivity index (χ4n) is 1.85. The molecule has 0 saturated carbocycles. The highest BCUT2D eigenvalue weighted by Gasteiger charge is 2.10. The second-order valence-corrected chi connectivity index (χ2v) is 4.53. The molecule has 0 saturated heterocycles. The molecule has 0 atom stereocenters. The van der Waals surface area contributed by atoms with Gasteiger partial charge in [-0.2, -0.15) is 4.98 Å². The number of ether oxygens (including phenoxy) is 1. The van der Waals surface area contributed by atoms with Crippen LogP contribution >= 0.6 is 0 Å². The van der Waals surface area contributed by atoms with Crippen LogP contribution in [0.5, 0.6) is 5.75 Å². The standard InChI is InChI=1S/C15H12N2O5/c18-14(19)7-10-1-3-12(4-2-10)21-9-13-16-15(17-22-13)11-5-6-20-8-11/h1-6,8H,7,9H2,(H,18,19). The summed E-state index contributed by atoms with van der Waals surface area (Å²) in [6, 6.07) is 8.54. The van der Waals surface area contributed by atoms with Crippen LogP contribution in [0.2, 0.25) is 0 Å². The lowest BCUT2D eigenvalue weighted by Gasteiger charge is -2.03. The first-order valence-corrected chi connectivity index (χ1v) is 6.49. The number of hydrogen-bond donors (Lipinski definition) is 1. The molecule has 22 heavy (non-hydrogen) atoms. The van der Waals surface area contributed by atoms with Crippen LogP contribution in [0.1, 0.15) is 11.5 Å². The van der Waals surface area contributed by atoms with E-state index in [1.165, 1.54) is 12.5 Å². The van der Waals surface area contributed by atoms with E-state index in [9.17, 15) is 4.79 Å². The van der Waals surface area contributed by atoms with Crippen LogP contribution in [-0.2, 0) is 17.8 Å². The van der Waals surface area contributed by atoms with E-state index < -0.39 is 5.97 Å². The first kappa shape index (κ1) is 13.9. The Kier molecular flexibility index (Phi) is 3.86. The van der Waals surface area contributed by atoms with Crippen molar-refractivity contribution >= 4 is 5.97 Å². The van der Waals surface area contributed by atoms with Gasteiger partial charge in [0.25, 0.3) is 5.89 Å². The van der Waals surface area contributed by atoms with E-state index in [4.69, 9.17) is 18.8 Å². The topological polar surface area (TPSA) is 98.6 Å². The second kappa shape index (κ2) is 6.13. The van der Waals surface area contributed by atoms with Crippen molar-refractivity contribution in [2.24, 2.45) is 0 Å². The zero-order chi connectivity index (χ0) is 15.4. The van der Waals surface area contributed by atoms with Gasteiger partial charge in [0, 0.05) is 0 Å². The minimum Gasteiger partial charge on any atom is -0.484 e. The lowest BCUT2D eigenvalue weighted by molar-refractivity contribution is -0.136. The maximum atomic E-state index is 10.6. The summed E-state index contributed by atoms with van der Waals surface area (Å²) in [6.07, 6.45) is 3.04. The molecule has 0 amide bonds. The van der Waals surface area contributed by atoms with Crippen LogP contribution in [0.25, 0.3) is 11.4 Å². The Bertz CT molecular complexity index is 747. The van der Waals surface area contributed by atoms with Gasteiger partial charge in [0.1, 0.15) is 12.0 Å². The third-order valence-corrected chi connectivity index (χ3v) is 2.89. The highest BCUT2D eigenvalue weighted by atomic mass is 16.5. The van der Waals surface area contributed by atoms with Gasteiger partial charge in [-0.1, -0.05) is 17.3 Å². The Hall–Kier alpha value is -3.09. The van der Waals surface area contributed by atoms with Crippen LogP contribution in [0.3, 0.4) is 0 Å². The molecule has 1 aromatic carbocycles. The highest BCUT2D eigenvalue weighted by molar-refractivity contribution is 5.70. The van der Waals surface area contributed by atoms with Crippen LogP contribution < -0.4 is 4.74 Å². The first-order valence-electron chi connectivity index (χ1n) is 6.49. The molecule has 2 aromatic heterocycles. The summed E-state index contributed by atoms with van der Waals surface area (Å²) in [5, 5.41) is 12.5. The van der Waals surface area contributed by atoms with Gasteiger partial charge in [-0.25, -0.2) is 0 Å². The average molecular weight is 300 g/mol. The minimum absolute atomic E-state index is 0.0159. The van der Waals surface area contributed by atoms with E-state index in [1.807, 2.05) is 0 Å². The van der Waals surface area contributed by atoms with Gasteiger partial charge in [0.05, 0.1) is 18.2 Å². The highest BCUT2D eigenvalue weighted by Crippen LogP contribution is 2.17. The predicted octanol–water partition coefficient (Wildman–Crippen LogP) is 2.54. The zero-order valence-electron chi connectivity index (χ0n) is 11.4. The van der Waals surface area contributed by atoms with Crippen molar-refractivity contribution in [1.29, 1.82) is 0 Å². The monoisotopic (exact) mass is 300 g/mol. The number of aliphatic carboxylic acids is 1. The Labute approximate surface area is 125 Å². The summed E-state index contributed by atoms with van der Waals surface area (Å²) < 4.78 is 15.5. The molecule has 0 aliphatic rings. The average Bonchev–Trinajstić information content (AvgIpc) is 3.17. The molecular weight excluding hydrogens is 288 g/mol. The molecule has 3 aromatic rings. The van der Waals surface area contributed by atoms with Crippen molar-refractivity contribution in [3.8, 4) is 17.1 Å². The first-order chi connectivity index (χ1) is 10.7. The normalized spacial score (nSPS) is 10.5. The van der Waals surface area contributed by atoms with Crippen LogP contribution in [0, 0.1) is 0 Å². The van der Waals surface area contributed by atoms with E-state index in [1.54, 1.807) is 30.3 Å². The molecule has 0 aliphatic heterocycles. The van der Waals surface area contributed by atoms with Gasteiger partial charge in [0.15, 0.2) is 6.61 Å². The Morgan fingerprint density at radius 3 is 2.73 bits per heavy atom. The lowest BCUT2D eigenvalue weighted by Crippen LogP contribution is -2.00. The van der Waals surface area contributed by atoms with Crippen LogP contribution in [0.4, 0.5) is 0 Å². The number of rotatable bonds is 6. The molecule has 7 heteroatoms. The Morgan fingerprint density at radius 1 is 1.23 bits per heavy atom. The van der Waals surface area contributed by atoms with E-state index in [-0.39, 0.29) is 13.0 Å². The molecule has 0 aliphatic carbocycles. The Balaban J connectivity index is 1.59. The van der Waals surface area contributed by atoms with Crippen LogP contribution in [0.15, 0.2) is 51.8 Å². The summed E-state index contributed by atoms with van der Waals surface area (Å²) in [7, 11) is 0. The summed E-state index contributed by atoms with van der Waals surface area (Å²) in [4.78, 5) is 14.8. The quantitative estimate of drug-likeness (QED) is 0.746. The van der Waals surface area contributed by atoms with Crippen molar-refractivity contribution in [3.05, 3.63) is 54.3 Å². The molecule has 2 heterocycles. The molecule has 0 bridgehead atoms. The number of carboxylic acids is 1.